The zero-order chi connectivity index (χ0) is 18.1. The van der Waals surface area contributed by atoms with Crippen LogP contribution in [0.3, 0.4) is 0 Å². The highest BCUT2D eigenvalue weighted by atomic mass is 16.2. The molecule has 4 nitrogen and oxygen atoms in total. The Labute approximate surface area is 156 Å². The number of hydrogen-bond acceptors (Lipinski definition) is 3. The van der Waals surface area contributed by atoms with E-state index in [4.69, 9.17) is 0 Å². The molecule has 26 heavy (non-hydrogen) atoms. The number of carbonyl (C=O) groups excluding carboxylic acids is 2. The largest absolute Gasteiger partial charge is 0.315 e. The average Bonchev–Trinajstić information content (AvgIpc) is 3.15. The number of aryl methyl sites for hydroxylation is 1. The second-order valence-corrected chi connectivity index (χ2v) is 8.39. The zero-order valence-electron chi connectivity index (χ0n) is 16.0. The van der Waals surface area contributed by atoms with E-state index in [0.29, 0.717) is 16.9 Å². The normalized spacial score (nSPS) is 29.6. The van der Waals surface area contributed by atoms with E-state index < -0.39 is 0 Å². The Kier molecular flexibility index (Phi) is 4.98. The molecule has 0 spiro atoms. The molecule has 1 aromatic rings. The lowest BCUT2D eigenvalue weighted by Crippen LogP contribution is -2.65. The van der Waals surface area contributed by atoms with Gasteiger partial charge in [-0.25, -0.2) is 9.28 Å². The van der Waals surface area contributed by atoms with Crippen molar-refractivity contribution in [1.29, 1.82) is 0 Å². The third-order valence-corrected chi connectivity index (χ3v) is 6.85. The third-order valence-electron chi connectivity index (χ3n) is 6.85. The van der Waals surface area contributed by atoms with Crippen LogP contribution in [0.15, 0.2) is 18.2 Å². The molecule has 0 radical (unpaired) electrons. The summed E-state index contributed by atoms with van der Waals surface area (Å²) in [6.07, 6.45) is 8.57. The van der Waals surface area contributed by atoms with Crippen molar-refractivity contribution in [2.75, 3.05) is 26.2 Å². The summed E-state index contributed by atoms with van der Waals surface area (Å²) >= 11 is 0. The molecule has 0 N–H and O–H groups in total. The minimum Gasteiger partial charge on any atom is -0.298 e. The average molecular weight is 356 g/mol. The number of carbonyl (C=O) groups is 2. The molecular weight excluding hydrogens is 324 g/mol. The molecule has 0 bridgehead atoms. The van der Waals surface area contributed by atoms with E-state index in [1.807, 2.05) is 6.07 Å². The molecule has 4 rings (SSSR count). The molecule has 3 aliphatic rings. The first-order valence-electron chi connectivity index (χ1n) is 10.4. The van der Waals surface area contributed by atoms with Crippen LogP contribution in [0.4, 0.5) is 5.69 Å². The number of Topliss-reactive ketones (excluding diaryl/α,β-unsaturated/α-hetero) is 1. The fourth-order valence-corrected chi connectivity index (χ4v) is 5.46. The van der Waals surface area contributed by atoms with E-state index in [1.54, 1.807) is 6.92 Å². The van der Waals surface area contributed by atoms with Crippen molar-refractivity contribution in [3.63, 3.8) is 0 Å². The summed E-state index contributed by atoms with van der Waals surface area (Å²) in [5, 5.41) is 0. The maximum absolute atomic E-state index is 13.0. The molecule has 4 heteroatoms. The molecule has 0 saturated carbocycles. The smallest absolute Gasteiger partial charge is 0.298 e. The Balaban J connectivity index is 1.72. The zero-order valence-corrected chi connectivity index (χ0v) is 16.0. The fourth-order valence-electron chi connectivity index (χ4n) is 5.46. The standard InChI is InChI=1S/C22H31N2O2/c1-17(25)24(14-5-2-8-20(24)16-23-12-3-4-13-23)19-10-11-21-18(15-19)7-6-9-22(21)26/h10-11,15,20H,2-9,12-14,16H2,1H3/q+1. The molecule has 2 saturated heterocycles. The number of rotatable bonds is 3. The van der Waals surface area contributed by atoms with Gasteiger partial charge < -0.3 is 0 Å². The van der Waals surface area contributed by atoms with Gasteiger partial charge in [0.25, 0.3) is 0 Å². The number of fused-ring (bicyclic) bond motifs is 1. The summed E-state index contributed by atoms with van der Waals surface area (Å²) in [7, 11) is 0. The van der Waals surface area contributed by atoms with Gasteiger partial charge in [-0.2, -0.15) is 0 Å². The SMILES string of the molecule is CC(=O)[N+]1(c2ccc3c(c2)CCCC3=O)CCCCC1CN1CCCC1. The van der Waals surface area contributed by atoms with Crippen molar-refractivity contribution in [2.45, 2.75) is 64.3 Å². The number of amides is 1. The first kappa shape index (κ1) is 17.9. The Morgan fingerprint density at radius 1 is 1.12 bits per heavy atom. The van der Waals surface area contributed by atoms with Crippen molar-refractivity contribution >= 4 is 17.4 Å². The minimum absolute atomic E-state index is 0.260. The summed E-state index contributed by atoms with van der Waals surface area (Å²) < 4.78 is 0.484. The van der Waals surface area contributed by atoms with Crippen LogP contribution in [-0.2, 0) is 11.2 Å². The van der Waals surface area contributed by atoms with E-state index in [0.717, 1.165) is 55.6 Å². The summed E-state index contributed by atoms with van der Waals surface area (Å²) in [5.41, 5.74) is 3.16. The van der Waals surface area contributed by atoms with E-state index in [1.165, 1.54) is 32.4 Å². The van der Waals surface area contributed by atoms with Gasteiger partial charge in [0.2, 0.25) is 0 Å². The summed E-state index contributed by atoms with van der Waals surface area (Å²) in [4.78, 5) is 27.8. The lowest BCUT2D eigenvalue weighted by atomic mass is 9.88. The number of likely N-dealkylation sites (tertiary alicyclic amines) is 2. The molecule has 140 valence electrons. The van der Waals surface area contributed by atoms with Crippen LogP contribution in [0.5, 0.6) is 0 Å². The van der Waals surface area contributed by atoms with Crippen molar-refractivity contribution in [1.82, 2.24) is 9.38 Å². The fraction of sp³-hybridized carbons (Fsp3) is 0.636. The third kappa shape index (κ3) is 3.03. The predicted octanol–water partition coefficient (Wildman–Crippen LogP) is 3.71. The maximum Gasteiger partial charge on any atom is 0.315 e. The van der Waals surface area contributed by atoms with Gasteiger partial charge >= 0.3 is 5.91 Å². The van der Waals surface area contributed by atoms with Crippen molar-refractivity contribution < 1.29 is 9.59 Å². The topological polar surface area (TPSA) is 37.4 Å². The summed E-state index contributed by atoms with van der Waals surface area (Å²) in [6, 6.07) is 6.61. The van der Waals surface area contributed by atoms with Gasteiger partial charge in [0.05, 0.1) is 20.0 Å². The molecule has 1 aliphatic carbocycles. The molecule has 2 fully saturated rings. The van der Waals surface area contributed by atoms with Crippen LogP contribution in [0.1, 0.15) is 67.8 Å². The molecule has 2 aliphatic heterocycles. The van der Waals surface area contributed by atoms with Gasteiger partial charge in [-0.1, -0.05) is 0 Å². The monoisotopic (exact) mass is 355 g/mol. The second kappa shape index (κ2) is 7.24. The Morgan fingerprint density at radius 2 is 1.92 bits per heavy atom. The summed E-state index contributed by atoms with van der Waals surface area (Å²) in [6.45, 7) is 6.04. The first-order chi connectivity index (χ1) is 12.6. The number of piperidine rings is 1. The summed E-state index contributed by atoms with van der Waals surface area (Å²) in [5.74, 6) is 0.524. The van der Waals surface area contributed by atoms with Gasteiger partial charge in [0.1, 0.15) is 11.7 Å². The van der Waals surface area contributed by atoms with Crippen molar-refractivity contribution in [3.05, 3.63) is 29.3 Å². The molecular formula is C22H31N2O2+. The van der Waals surface area contributed by atoms with Crippen LogP contribution in [0.25, 0.3) is 0 Å². The van der Waals surface area contributed by atoms with Gasteiger partial charge in [-0.05, 0) is 63.2 Å². The molecule has 1 amide bonds. The highest BCUT2D eigenvalue weighted by Crippen LogP contribution is 2.37. The second-order valence-electron chi connectivity index (χ2n) is 8.39. The van der Waals surface area contributed by atoms with Crippen LogP contribution in [0.2, 0.25) is 0 Å². The number of benzene rings is 1. The van der Waals surface area contributed by atoms with E-state index in [2.05, 4.69) is 17.0 Å². The maximum atomic E-state index is 13.0. The Morgan fingerprint density at radius 3 is 2.69 bits per heavy atom. The molecule has 2 unspecified atom stereocenters. The lowest BCUT2D eigenvalue weighted by molar-refractivity contribution is -0.131. The minimum atomic E-state index is 0.260. The molecule has 2 heterocycles. The quantitative estimate of drug-likeness (QED) is 0.776. The van der Waals surface area contributed by atoms with Crippen molar-refractivity contribution in [2.24, 2.45) is 0 Å². The molecule has 2 atom stereocenters. The first-order valence-corrected chi connectivity index (χ1v) is 10.4. The van der Waals surface area contributed by atoms with Crippen LogP contribution < -0.4 is 4.48 Å². The Bertz CT molecular complexity index is 708. The molecule has 0 aromatic heterocycles. The predicted molar refractivity (Wildman–Crippen MR) is 104 cm³/mol. The van der Waals surface area contributed by atoms with Gasteiger partial charge in [0, 0.05) is 30.5 Å². The van der Waals surface area contributed by atoms with E-state index in [-0.39, 0.29) is 11.7 Å². The van der Waals surface area contributed by atoms with E-state index in [9.17, 15) is 9.59 Å². The molecule has 1 aromatic carbocycles. The van der Waals surface area contributed by atoms with E-state index >= 15 is 0 Å². The van der Waals surface area contributed by atoms with Gasteiger partial charge in [0.15, 0.2) is 5.78 Å². The van der Waals surface area contributed by atoms with Gasteiger partial charge in [-0.15, -0.1) is 0 Å². The highest BCUT2D eigenvalue weighted by molar-refractivity contribution is 5.99. The number of quaternary nitrogens is 1. The van der Waals surface area contributed by atoms with Crippen LogP contribution >= 0.6 is 0 Å². The van der Waals surface area contributed by atoms with Crippen LogP contribution in [-0.4, -0.2) is 48.8 Å². The lowest BCUT2D eigenvalue weighted by Gasteiger charge is -2.45. The number of ketones is 1. The van der Waals surface area contributed by atoms with Gasteiger partial charge in [-0.3, -0.25) is 9.69 Å². The van der Waals surface area contributed by atoms with Crippen LogP contribution in [0, 0.1) is 0 Å². The number of hydrogen-bond donors (Lipinski definition) is 0. The number of nitrogens with zero attached hydrogens (tertiary/aromatic N) is 2. The Hall–Kier alpha value is -1.52. The highest BCUT2D eigenvalue weighted by Gasteiger charge is 2.46. The van der Waals surface area contributed by atoms with Crippen molar-refractivity contribution in [3.8, 4) is 0 Å².